The molecule has 0 bridgehead atoms. The Labute approximate surface area is 161 Å². The van der Waals surface area contributed by atoms with Crippen molar-refractivity contribution >= 4 is 5.69 Å². The third-order valence-electron chi connectivity index (χ3n) is 5.91. The number of hydrogen-bond donors (Lipinski definition) is 0. The average molecular weight is 361 g/mol. The van der Waals surface area contributed by atoms with Gasteiger partial charge in [0.1, 0.15) is 5.69 Å². The second kappa shape index (κ2) is 7.18. The summed E-state index contributed by atoms with van der Waals surface area (Å²) in [4.78, 5) is 2.51. The van der Waals surface area contributed by atoms with E-state index >= 15 is 0 Å². The largest absolute Gasteiger partial charge is 0.364 e. The zero-order chi connectivity index (χ0) is 19.0. The van der Waals surface area contributed by atoms with Gasteiger partial charge in [0.2, 0.25) is 0 Å². The molecule has 2 heterocycles. The quantitative estimate of drug-likeness (QED) is 0.598. The zero-order valence-corrected chi connectivity index (χ0v) is 16.7. The van der Waals surface area contributed by atoms with Gasteiger partial charge >= 0.3 is 0 Å². The molecule has 0 saturated heterocycles. The molecule has 4 heteroatoms. The summed E-state index contributed by atoms with van der Waals surface area (Å²) in [5.74, 6) is 0. The van der Waals surface area contributed by atoms with Crippen LogP contribution < -0.4 is 4.90 Å². The predicted molar refractivity (Wildman–Crippen MR) is 112 cm³/mol. The fourth-order valence-electron chi connectivity index (χ4n) is 3.90. The van der Waals surface area contributed by atoms with Crippen LogP contribution in [0.2, 0.25) is 0 Å². The number of aromatic nitrogens is 3. The molecule has 0 aliphatic carbocycles. The molecule has 0 radical (unpaired) electrons. The van der Waals surface area contributed by atoms with Crippen molar-refractivity contribution in [1.82, 2.24) is 15.0 Å². The van der Waals surface area contributed by atoms with Crippen molar-refractivity contribution in [3.05, 3.63) is 54.1 Å². The fourth-order valence-corrected chi connectivity index (χ4v) is 3.90. The van der Waals surface area contributed by atoms with Crippen molar-refractivity contribution < 1.29 is 0 Å². The molecular weight excluding hydrogens is 332 g/mol. The molecule has 140 valence electrons. The van der Waals surface area contributed by atoms with Crippen LogP contribution in [0.15, 0.2) is 48.5 Å². The van der Waals surface area contributed by atoms with E-state index in [4.69, 9.17) is 0 Å². The number of nitrogens with zero attached hydrogens (tertiary/aromatic N) is 4. The molecule has 0 N–H and O–H groups in total. The Hall–Kier alpha value is -2.62. The molecule has 0 fully saturated rings. The van der Waals surface area contributed by atoms with Crippen molar-refractivity contribution in [1.29, 1.82) is 0 Å². The zero-order valence-electron chi connectivity index (χ0n) is 16.7. The molecule has 1 aliphatic rings. The maximum atomic E-state index is 4.67. The number of benzene rings is 2. The molecule has 0 saturated carbocycles. The molecule has 27 heavy (non-hydrogen) atoms. The van der Waals surface area contributed by atoms with Crippen molar-refractivity contribution in [2.24, 2.45) is 0 Å². The van der Waals surface area contributed by atoms with Crippen LogP contribution in [-0.4, -0.2) is 21.0 Å². The summed E-state index contributed by atoms with van der Waals surface area (Å²) in [7, 11) is 0. The second-order valence-electron chi connectivity index (χ2n) is 7.55. The van der Waals surface area contributed by atoms with Gasteiger partial charge in [-0.1, -0.05) is 61.5 Å². The summed E-state index contributed by atoms with van der Waals surface area (Å²) in [5, 5.41) is 9.26. The number of rotatable bonds is 4. The summed E-state index contributed by atoms with van der Waals surface area (Å²) in [6.45, 7) is 9.87. The van der Waals surface area contributed by atoms with Crippen LogP contribution in [0.1, 0.15) is 52.1 Å². The number of hydrogen-bond acceptors (Lipinski definition) is 3. The van der Waals surface area contributed by atoms with Crippen LogP contribution in [0, 0.1) is 0 Å². The van der Waals surface area contributed by atoms with Crippen LogP contribution >= 0.6 is 0 Å². The smallest absolute Gasteiger partial charge is 0.123 e. The lowest BCUT2D eigenvalue weighted by Gasteiger charge is -2.34. The van der Waals surface area contributed by atoms with Gasteiger partial charge < -0.3 is 4.90 Å². The highest BCUT2D eigenvalue weighted by atomic mass is 15.4. The number of fused-ring (bicyclic) bond motifs is 5. The lowest BCUT2D eigenvalue weighted by molar-refractivity contribution is 0.468. The first-order chi connectivity index (χ1) is 13.2. The average Bonchev–Trinajstić information content (AvgIpc) is 3.14. The van der Waals surface area contributed by atoms with Crippen molar-refractivity contribution in [3.8, 4) is 22.5 Å². The standard InChI is InChI=1S/C23H28N4/c1-5-16(3)26-15-18-11-7-8-12-19(18)23-22(20-13-9-10-14-21(20)26)24-25-27(23)17(4)6-2/h7-14,16-17H,5-6,15H2,1-4H3. The van der Waals surface area contributed by atoms with E-state index in [-0.39, 0.29) is 0 Å². The third kappa shape index (κ3) is 2.93. The van der Waals surface area contributed by atoms with Gasteiger partial charge in [-0.15, -0.1) is 5.10 Å². The van der Waals surface area contributed by atoms with Gasteiger partial charge in [0, 0.05) is 29.4 Å². The Morgan fingerprint density at radius 3 is 2.30 bits per heavy atom. The molecular formula is C23H28N4. The molecule has 4 rings (SSSR count). The van der Waals surface area contributed by atoms with Crippen LogP contribution in [0.3, 0.4) is 0 Å². The highest BCUT2D eigenvalue weighted by Crippen LogP contribution is 2.42. The Morgan fingerprint density at radius 1 is 0.889 bits per heavy atom. The Balaban J connectivity index is 2.04. The van der Waals surface area contributed by atoms with Crippen LogP contribution in [0.4, 0.5) is 5.69 Å². The van der Waals surface area contributed by atoms with E-state index in [1.807, 2.05) is 0 Å². The first-order valence-electron chi connectivity index (χ1n) is 10.0. The Kier molecular flexibility index (Phi) is 4.73. The molecule has 4 nitrogen and oxygen atoms in total. The van der Waals surface area contributed by atoms with Gasteiger partial charge in [-0.25, -0.2) is 4.68 Å². The van der Waals surface area contributed by atoms with Gasteiger partial charge in [0.05, 0.1) is 11.7 Å². The summed E-state index contributed by atoms with van der Waals surface area (Å²) < 4.78 is 2.11. The number of para-hydroxylation sites is 1. The highest BCUT2D eigenvalue weighted by Gasteiger charge is 2.28. The van der Waals surface area contributed by atoms with E-state index in [1.165, 1.54) is 22.4 Å². The summed E-state index contributed by atoms with van der Waals surface area (Å²) in [6, 6.07) is 18.1. The van der Waals surface area contributed by atoms with E-state index in [2.05, 4.69) is 96.1 Å². The summed E-state index contributed by atoms with van der Waals surface area (Å²) in [6.07, 6.45) is 2.13. The molecule has 2 aromatic carbocycles. The molecule has 3 aromatic rings. The second-order valence-corrected chi connectivity index (χ2v) is 7.55. The van der Waals surface area contributed by atoms with Gasteiger partial charge in [-0.3, -0.25) is 0 Å². The maximum Gasteiger partial charge on any atom is 0.123 e. The minimum atomic E-state index is 0.312. The molecule has 1 aromatic heterocycles. The van der Waals surface area contributed by atoms with Crippen molar-refractivity contribution in [2.75, 3.05) is 4.90 Å². The van der Waals surface area contributed by atoms with Crippen LogP contribution in [0.25, 0.3) is 22.5 Å². The molecule has 0 spiro atoms. The van der Waals surface area contributed by atoms with E-state index in [0.29, 0.717) is 12.1 Å². The van der Waals surface area contributed by atoms with Crippen molar-refractivity contribution in [2.45, 2.75) is 59.2 Å². The topological polar surface area (TPSA) is 34.0 Å². The van der Waals surface area contributed by atoms with Gasteiger partial charge in [0.25, 0.3) is 0 Å². The Morgan fingerprint density at radius 2 is 1.56 bits per heavy atom. The highest BCUT2D eigenvalue weighted by molar-refractivity contribution is 5.88. The molecule has 0 amide bonds. The normalized spacial score (nSPS) is 15.2. The maximum absolute atomic E-state index is 4.67. The van der Waals surface area contributed by atoms with E-state index in [0.717, 1.165) is 30.8 Å². The molecule has 1 aliphatic heterocycles. The van der Waals surface area contributed by atoms with Crippen molar-refractivity contribution in [3.63, 3.8) is 0 Å². The predicted octanol–water partition coefficient (Wildman–Crippen LogP) is 5.70. The van der Waals surface area contributed by atoms with E-state index in [1.54, 1.807) is 0 Å². The minimum Gasteiger partial charge on any atom is -0.364 e. The monoisotopic (exact) mass is 360 g/mol. The van der Waals surface area contributed by atoms with Gasteiger partial charge in [-0.05, 0) is 38.3 Å². The minimum absolute atomic E-state index is 0.312. The summed E-state index contributed by atoms with van der Waals surface area (Å²) >= 11 is 0. The third-order valence-corrected chi connectivity index (χ3v) is 5.91. The van der Waals surface area contributed by atoms with Gasteiger partial charge in [0.15, 0.2) is 0 Å². The SMILES string of the molecule is CCC(C)N1Cc2ccccc2-c2c(nnn2C(C)CC)-c2ccccc21. The van der Waals surface area contributed by atoms with Gasteiger partial charge in [-0.2, -0.15) is 0 Å². The van der Waals surface area contributed by atoms with E-state index < -0.39 is 0 Å². The lowest BCUT2D eigenvalue weighted by Crippen LogP contribution is -2.33. The summed E-state index contributed by atoms with van der Waals surface area (Å²) in [5.41, 5.74) is 7.15. The fraction of sp³-hybridized carbons (Fsp3) is 0.391. The first-order valence-corrected chi connectivity index (χ1v) is 10.0. The number of anilines is 1. The first kappa shape index (κ1) is 17.8. The van der Waals surface area contributed by atoms with E-state index in [9.17, 15) is 0 Å². The molecule has 2 unspecified atom stereocenters. The Bertz CT molecular complexity index is 943. The van der Waals surface area contributed by atoms with Crippen LogP contribution in [0.5, 0.6) is 0 Å². The molecule has 2 atom stereocenters. The lowest BCUT2D eigenvalue weighted by atomic mass is 9.94. The van der Waals surface area contributed by atoms with Crippen LogP contribution in [-0.2, 0) is 6.54 Å².